The Morgan fingerprint density at radius 2 is 1.77 bits per heavy atom. The predicted octanol–water partition coefficient (Wildman–Crippen LogP) is 2.43. The van der Waals surface area contributed by atoms with Crippen molar-refractivity contribution in [1.29, 1.82) is 0 Å². The monoisotopic (exact) mass is 409 g/mol. The van der Waals surface area contributed by atoms with Crippen LogP contribution in [0.15, 0.2) is 42.5 Å². The molecular weight excluding hydrogens is 386 g/mol. The highest BCUT2D eigenvalue weighted by Crippen LogP contribution is 2.24. The molecule has 8 nitrogen and oxygen atoms in total. The summed E-state index contributed by atoms with van der Waals surface area (Å²) in [7, 11) is 0. The number of ether oxygens (including phenoxy) is 1. The van der Waals surface area contributed by atoms with E-state index in [4.69, 9.17) is 4.74 Å². The fraction of sp³-hybridized carbons (Fsp3) is 0.273. The average Bonchev–Trinajstić information content (AvgIpc) is 3.09. The van der Waals surface area contributed by atoms with E-state index in [0.717, 1.165) is 11.1 Å². The van der Waals surface area contributed by atoms with Crippen LogP contribution in [-0.4, -0.2) is 36.3 Å². The van der Waals surface area contributed by atoms with E-state index in [2.05, 4.69) is 16.0 Å². The molecule has 156 valence electrons. The van der Waals surface area contributed by atoms with Gasteiger partial charge in [-0.3, -0.25) is 9.59 Å². The number of hydrogen-bond acceptors (Lipinski definition) is 5. The van der Waals surface area contributed by atoms with Crippen molar-refractivity contribution in [3.8, 4) is 0 Å². The maximum absolute atomic E-state index is 12.3. The van der Waals surface area contributed by atoms with Gasteiger partial charge in [-0.05, 0) is 55.3 Å². The zero-order valence-corrected chi connectivity index (χ0v) is 16.8. The molecule has 2 aromatic carbocycles. The molecule has 0 bridgehead atoms. The summed E-state index contributed by atoms with van der Waals surface area (Å²) >= 11 is 0. The molecule has 0 aromatic heterocycles. The molecule has 1 heterocycles. The van der Waals surface area contributed by atoms with Gasteiger partial charge in [-0.1, -0.05) is 12.1 Å². The Morgan fingerprint density at radius 3 is 2.47 bits per heavy atom. The van der Waals surface area contributed by atoms with Crippen LogP contribution in [0, 0.1) is 0 Å². The number of esters is 1. The minimum atomic E-state index is -0.613. The molecular formula is C22H23N3O5. The lowest BCUT2D eigenvalue weighted by molar-refractivity contribution is -0.115. The first-order chi connectivity index (χ1) is 14.3. The Kier molecular flexibility index (Phi) is 6.46. The molecule has 0 spiro atoms. The molecule has 1 aliphatic heterocycles. The van der Waals surface area contributed by atoms with E-state index in [0.29, 0.717) is 23.4 Å². The topological polar surface area (TPSA) is 114 Å². The molecule has 2 aromatic rings. The van der Waals surface area contributed by atoms with Crippen LogP contribution in [0.5, 0.6) is 0 Å². The van der Waals surface area contributed by atoms with Gasteiger partial charge in [0, 0.05) is 23.8 Å². The Morgan fingerprint density at radius 1 is 1.07 bits per heavy atom. The average molecular weight is 409 g/mol. The lowest BCUT2D eigenvalue weighted by Gasteiger charge is -2.10. The first kappa shape index (κ1) is 21.0. The van der Waals surface area contributed by atoms with Crippen molar-refractivity contribution in [2.45, 2.75) is 32.9 Å². The standard InChI is InChI=1S/C22H23N3O5/c1-13(2)24-22(29)23-11-14-3-5-15(6-4-14)21(28)30-12-19(26)16-7-8-18-17(9-16)10-20(27)25-18/h3-9,13H,10-12H2,1-2H3,(H,25,27)(H2,23,24,29). The number of urea groups is 1. The third-order valence-corrected chi connectivity index (χ3v) is 4.45. The number of hydrogen-bond donors (Lipinski definition) is 3. The first-order valence-electron chi connectivity index (χ1n) is 9.58. The number of fused-ring (bicyclic) bond motifs is 1. The largest absolute Gasteiger partial charge is 0.454 e. The normalized spacial score (nSPS) is 12.2. The van der Waals surface area contributed by atoms with Crippen molar-refractivity contribution in [1.82, 2.24) is 10.6 Å². The van der Waals surface area contributed by atoms with Gasteiger partial charge >= 0.3 is 12.0 Å². The second-order valence-corrected chi connectivity index (χ2v) is 7.27. The number of carbonyl (C=O) groups is 4. The molecule has 0 saturated heterocycles. The molecule has 8 heteroatoms. The van der Waals surface area contributed by atoms with Gasteiger partial charge in [0.25, 0.3) is 0 Å². The van der Waals surface area contributed by atoms with Crippen LogP contribution in [0.4, 0.5) is 10.5 Å². The molecule has 3 N–H and O–H groups in total. The van der Waals surface area contributed by atoms with E-state index in [1.54, 1.807) is 42.5 Å². The van der Waals surface area contributed by atoms with Crippen molar-refractivity contribution in [2.75, 3.05) is 11.9 Å². The molecule has 0 radical (unpaired) electrons. The van der Waals surface area contributed by atoms with Crippen molar-refractivity contribution in [3.05, 3.63) is 64.7 Å². The summed E-state index contributed by atoms with van der Waals surface area (Å²) in [6, 6.07) is 11.3. The molecule has 0 fully saturated rings. The number of carbonyl (C=O) groups excluding carboxylic acids is 4. The van der Waals surface area contributed by atoms with E-state index in [1.807, 2.05) is 13.8 Å². The second kappa shape index (κ2) is 9.21. The minimum Gasteiger partial charge on any atom is -0.454 e. The quantitative estimate of drug-likeness (QED) is 0.480. The van der Waals surface area contributed by atoms with Gasteiger partial charge in [-0.15, -0.1) is 0 Å². The Labute approximate surface area is 174 Å². The van der Waals surface area contributed by atoms with Crippen molar-refractivity contribution < 1.29 is 23.9 Å². The molecule has 0 unspecified atom stereocenters. The first-order valence-corrected chi connectivity index (χ1v) is 9.58. The fourth-order valence-corrected chi connectivity index (χ4v) is 2.95. The van der Waals surface area contributed by atoms with Gasteiger partial charge in [0.05, 0.1) is 12.0 Å². The number of rotatable bonds is 7. The number of ketones is 1. The van der Waals surface area contributed by atoms with Crippen LogP contribution >= 0.6 is 0 Å². The Hall–Kier alpha value is -3.68. The summed E-state index contributed by atoms with van der Waals surface area (Å²) in [5.41, 5.74) is 2.97. The van der Waals surface area contributed by atoms with Gasteiger partial charge in [0.15, 0.2) is 12.4 Å². The fourth-order valence-electron chi connectivity index (χ4n) is 2.95. The molecule has 0 saturated carbocycles. The van der Waals surface area contributed by atoms with Crippen LogP contribution in [0.25, 0.3) is 0 Å². The van der Waals surface area contributed by atoms with Gasteiger partial charge < -0.3 is 20.7 Å². The summed E-state index contributed by atoms with van der Waals surface area (Å²) in [6.07, 6.45) is 0.233. The number of Topliss-reactive ketones (excluding diaryl/α,β-unsaturated/α-hetero) is 1. The highest BCUT2D eigenvalue weighted by atomic mass is 16.5. The second-order valence-electron chi connectivity index (χ2n) is 7.27. The Balaban J connectivity index is 1.50. The van der Waals surface area contributed by atoms with Crippen LogP contribution < -0.4 is 16.0 Å². The summed E-state index contributed by atoms with van der Waals surface area (Å²) < 4.78 is 5.12. The predicted molar refractivity (Wildman–Crippen MR) is 110 cm³/mol. The molecule has 0 aliphatic carbocycles. The number of nitrogens with one attached hydrogen (secondary N) is 3. The third-order valence-electron chi connectivity index (χ3n) is 4.45. The van der Waals surface area contributed by atoms with Crippen LogP contribution in [0.3, 0.4) is 0 Å². The van der Waals surface area contributed by atoms with E-state index in [9.17, 15) is 19.2 Å². The van der Waals surface area contributed by atoms with Crippen molar-refractivity contribution in [2.24, 2.45) is 0 Å². The molecule has 3 amide bonds. The van der Waals surface area contributed by atoms with Crippen LogP contribution in [-0.2, 0) is 22.5 Å². The number of amides is 3. The number of benzene rings is 2. The van der Waals surface area contributed by atoms with Gasteiger partial charge in [0.2, 0.25) is 5.91 Å². The summed E-state index contributed by atoms with van der Waals surface area (Å²) in [4.78, 5) is 47.5. The summed E-state index contributed by atoms with van der Waals surface area (Å²) in [5.74, 6) is -1.07. The van der Waals surface area contributed by atoms with Gasteiger partial charge in [0.1, 0.15) is 0 Å². The van der Waals surface area contributed by atoms with Crippen LogP contribution in [0.2, 0.25) is 0 Å². The minimum absolute atomic E-state index is 0.0424. The lowest BCUT2D eigenvalue weighted by Crippen LogP contribution is -2.39. The zero-order valence-electron chi connectivity index (χ0n) is 16.8. The summed E-state index contributed by atoms with van der Waals surface area (Å²) in [5, 5.41) is 8.15. The molecule has 1 aliphatic rings. The molecule has 30 heavy (non-hydrogen) atoms. The van der Waals surface area contributed by atoms with Crippen LogP contribution in [0.1, 0.15) is 45.7 Å². The van der Waals surface area contributed by atoms with Gasteiger partial charge in [-0.25, -0.2) is 9.59 Å². The van der Waals surface area contributed by atoms with Crippen molar-refractivity contribution in [3.63, 3.8) is 0 Å². The highest BCUT2D eigenvalue weighted by Gasteiger charge is 2.20. The van der Waals surface area contributed by atoms with E-state index in [1.165, 1.54) is 0 Å². The smallest absolute Gasteiger partial charge is 0.338 e. The highest BCUT2D eigenvalue weighted by molar-refractivity contribution is 6.03. The Bertz CT molecular complexity index is 983. The maximum atomic E-state index is 12.3. The molecule has 0 atom stereocenters. The third kappa shape index (κ3) is 5.44. The zero-order chi connectivity index (χ0) is 21.7. The lowest BCUT2D eigenvalue weighted by atomic mass is 10.1. The number of anilines is 1. The van der Waals surface area contributed by atoms with Crippen molar-refractivity contribution >= 4 is 29.4 Å². The molecule has 3 rings (SSSR count). The maximum Gasteiger partial charge on any atom is 0.338 e. The van der Waals surface area contributed by atoms with E-state index in [-0.39, 0.29) is 30.2 Å². The summed E-state index contributed by atoms with van der Waals surface area (Å²) in [6.45, 7) is 3.67. The van der Waals surface area contributed by atoms with E-state index >= 15 is 0 Å². The van der Waals surface area contributed by atoms with E-state index < -0.39 is 12.6 Å². The van der Waals surface area contributed by atoms with Gasteiger partial charge in [-0.2, -0.15) is 0 Å². The SMILES string of the molecule is CC(C)NC(=O)NCc1ccc(C(=O)OCC(=O)c2ccc3c(c2)CC(=O)N3)cc1.